The highest BCUT2D eigenvalue weighted by atomic mass is 16.6. The van der Waals surface area contributed by atoms with Crippen molar-refractivity contribution < 1.29 is 19.4 Å². The zero-order valence-corrected chi connectivity index (χ0v) is 13.8. The molecule has 0 bridgehead atoms. The van der Waals surface area contributed by atoms with Crippen molar-refractivity contribution in [2.75, 3.05) is 0 Å². The summed E-state index contributed by atoms with van der Waals surface area (Å²) in [6.45, 7) is 2.08. The van der Waals surface area contributed by atoms with Gasteiger partial charge in [-0.05, 0) is 6.42 Å². The van der Waals surface area contributed by atoms with Gasteiger partial charge in [-0.3, -0.25) is 40.7 Å². The number of hydrazine groups is 1. The second-order valence-corrected chi connectivity index (χ2v) is 5.42. The molecule has 0 aliphatic rings. The van der Waals surface area contributed by atoms with Crippen LogP contribution in [0.3, 0.4) is 0 Å². The molecule has 0 atom stereocenters. The van der Waals surface area contributed by atoms with E-state index in [1.807, 2.05) is 0 Å². The van der Waals surface area contributed by atoms with Gasteiger partial charge in [0.1, 0.15) is 0 Å². The SMILES string of the molecule is CCCCCCCC(=O)NNC(=O)c1cc([N+](=O)[O-])cc([N+](=O)[O-])c1. The first kappa shape index (κ1) is 20.0. The highest BCUT2D eigenvalue weighted by Gasteiger charge is 2.20. The Morgan fingerprint density at radius 1 is 0.920 bits per heavy atom. The summed E-state index contributed by atoms with van der Waals surface area (Å²) in [5.74, 6) is -1.27. The van der Waals surface area contributed by atoms with Gasteiger partial charge in [0.15, 0.2) is 0 Å². The van der Waals surface area contributed by atoms with Gasteiger partial charge in [-0.15, -0.1) is 0 Å². The number of hydrogen-bond acceptors (Lipinski definition) is 6. The fraction of sp³-hybridized carbons (Fsp3) is 0.467. The topological polar surface area (TPSA) is 144 Å². The molecule has 0 aromatic heterocycles. The first-order valence-electron chi connectivity index (χ1n) is 7.88. The minimum absolute atomic E-state index is 0.235. The lowest BCUT2D eigenvalue weighted by atomic mass is 10.1. The zero-order valence-electron chi connectivity index (χ0n) is 13.8. The maximum absolute atomic E-state index is 11.9. The first-order chi connectivity index (χ1) is 11.8. The minimum Gasteiger partial charge on any atom is -0.273 e. The third-order valence-electron chi connectivity index (χ3n) is 3.41. The minimum atomic E-state index is -0.869. The van der Waals surface area contributed by atoms with Crippen molar-refractivity contribution in [3.63, 3.8) is 0 Å². The summed E-state index contributed by atoms with van der Waals surface area (Å²) in [5.41, 5.74) is 2.84. The van der Waals surface area contributed by atoms with Gasteiger partial charge in [0, 0.05) is 18.6 Å². The molecular weight excluding hydrogens is 332 g/mol. The summed E-state index contributed by atoms with van der Waals surface area (Å²) in [6.07, 6.45) is 5.06. The molecule has 2 N–H and O–H groups in total. The number of rotatable bonds is 9. The van der Waals surface area contributed by atoms with Crippen LogP contribution >= 0.6 is 0 Å². The quantitative estimate of drug-likeness (QED) is 0.397. The van der Waals surface area contributed by atoms with Crippen molar-refractivity contribution in [2.24, 2.45) is 0 Å². The third-order valence-corrected chi connectivity index (χ3v) is 3.41. The number of nitrogens with one attached hydrogen (secondary N) is 2. The van der Waals surface area contributed by atoms with Gasteiger partial charge in [-0.25, -0.2) is 0 Å². The summed E-state index contributed by atoms with van der Waals surface area (Å²) in [6, 6.07) is 2.56. The van der Waals surface area contributed by atoms with Crippen LogP contribution in [-0.2, 0) is 4.79 Å². The Kier molecular flexibility index (Phi) is 7.97. The van der Waals surface area contributed by atoms with Crippen LogP contribution in [-0.4, -0.2) is 21.7 Å². The number of carbonyl (C=O) groups is 2. The lowest BCUT2D eigenvalue weighted by Gasteiger charge is -2.07. The molecule has 0 aliphatic heterocycles. The molecule has 10 nitrogen and oxygen atoms in total. The summed E-state index contributed by atoms with van der Waals surface area (Å²) in [7, 11) is 0. The molecule has 0 unspecified atom stereocenters. The van der Waals surface area contributed by atoms with Gasteiger partial charge in [0.25, 0.3) is 17.3 Å². The van der Waals surface area contributed by atoms with Crippen LogP contribution in [0.1, 0.15) is 55.8 Å². The van der Waals surface area contributed by atoms with E-state index in [-0.39, 0.29) is 12.0 Å². The van der Waals surface area contributed by atoms with Gasteiger partial charge in [0.05, 0.1) is 21.5 Å². The fourth-order valence-corrected chi connectivity index (χ4v) is 2.09. The molecule has 1 aromatic carbocycles. The maximum atomic E-state index is 11.9. The molecule has 0 aliphatic carbocycles. The molecule has 10 heteroatoms. The van der Waals surface area contributed by atoms with Crippen LogP contribution in [0.4, 0.5) is 11.4 Å². The molecule has 0 heterocycles. The Morgan fingerprint density at radius 3 is 2.00 bits per heavy atom. The normalized spacial score (nSPS) is 10.1. The molecule has 136 valence electrons. The fourth-order valence-electron chi connectivity index (χ4n) is 2.09. The largest absolute Gasteiger partial charge is 0.277 e. The van der Waals surface area contributed by atoms with E-state index in [9.17, 15) is 29.8 Å². The summed E-state index contributed by atoms with van der Waals surface area (Å²) in [5, 5.41) is 21.6. The Bertz CT molecular complexity index is 629. The van der Waals surface area contributed by atoms with E-state index in [1.165, 1.54) is 0 Å². The highest BCUT2D eigenvalue weighted by Crippen LogP contribution is 2.22. The van der Waals surface area contributed by atoms with Crippen molar-refractivity contribution in [3.8, 4) is 0 Å². The number of non-ortho nitro benzene ring substituents is 2. The Morgan fingerprint density at radius 2 is 1.48 bits per heavy atom. The van der Waals surface area contributed by atoms with Crippen LogP contribution in [0.2, 0.25) is 0 Å². The predicted molar refractivity (Wildman–Crippen MR) is 88.7 cm³/mol. The molecule has 0 fully saturated rings. The van der Waals surface area contributed by atoms with E-state index >= 15 is 0 Å². The number of nitrogens with zero attached hydrogens (tertiary/aromatic N) is 2. The Labute approximate surface area is 143 Å². The average Bonchev–Trinajstić information content (AvgIpc) is 2.58. The molecule has 0 radical (unpaired) electrons. The zero-order chi connectivity index (χ0) is 18.8. The van der Waals surface area contributed by atoms with Crippen molar-refractivity contribution >= 4 is 23.2 Å². The van der Waals surface area contributed by atoms with Gasteiger partial charge in [-0.2, -0.15) is 0 Å². The summed E-state index contributed by atoms with van der Waals surface area (Å²) in [4.78, 5) is 43.5. The van der Waals surface area contributed by atoms with Gasteiger partial charge in [0.2, 0.25) is 5.91 Å². The molecule has 1 rings (SSSR count). The molecule has 1 aromatic rings. The van der Waals surface area contributed by atoms with E-state index < -0.39 is 33.0 Å². The van der Waals surface area contributed by atoms with Crippen LogP contribution in [0.25, 0.3) is 0 Å². The summed E-state index contributed by atoms with van der Waals surface area (Å²) >= 11 is 0. The number of amides is 2. The Hall–Kier alpha value is -3.04. The van der Waals surface area contributed by atoms with Crippen LogP contribution in [0.5, 0.6) is 0 Å². The summed E-state index contributed by atoms with van der Waals surface area (Å²) < 4.78 is 0. The lowest BCUT2D eigenvalue weighted by Crippen LogP contribution is -2.41. The highest BCUT2D eigenvalue weighted by molar-refractivity contribution is 5.96. The third kappa shape index (κ3) is 6.94. The van der Waals surface area contributed by atoms with E-state index in [4.69, 9.17) is 0 Å². The van der Waals surface area contributed by atoms with E-state index in [0.717, 1.165) is 43.9 Å². The molecule has 0 saturated carbocycles. The molecular formula is C15H20N4O6. The molecule has 0 saturated heterocycles. The number of nitro groups is 2. The van der Waals surface area contributed by atoms with E-state index in [1.54, 1.807) is 0 Å². The monoisotopic (exact) mass is 352 g/mol. The smallest absolute Gasteiger partial charge is 0.273 e. The van der Waals surface area contributed by atoms with Crippen LogP contribution < -0.4 is 10.9 Å². The maximum Gasteiger partial charge on any atom is 0.277 e. The first-order valence-corrected chi connectivity index (χ1v) is 7.88. The van der Waals surface area contributed by atoms with Gasteiger partial charge >= 0.3 is 0 Å². The van der Waals surface area contributed by atoms with Crippen molar-refractivity contribution in [2.45, 2.75) is 45.4 Å². The molecule has 0 spiro atoms. The number of nitro benzene ring substituents is 2. The van der Waals surface area contributed by atoms with Gasteiger partial charge in [-0.1, -0.05) is 32.6 Å². The van der Waals surface area contributed by atoms with E-state index in [2.05, 4.69) is 17.8 Å². The average molecular weight is 352 g/mol. The van der Waals surface area contributed by atoms with Crippen LogP contribution in [0.15, 0.2) is 18.2 Å². The number of unbranched alkanes of at least 4 members (excludes halogenated alkanes) is 4. The van der Waals surface area contributed by atoms with Crippen molar-refractivity contribution in [1.82, 2.24) is 10.9 Å². The second-order valence-electron chi connectivity index (χ2n) is 5.42. The van der Waals surface area contributed by atoms with E-state index in [0.29, 0.717) is 6.42 Å². The van der Waals surface area contributed by atoms with Crippen LogP contribution in [0, 0.1) is 20.2 Å². The van der Waals surface area contributed by atoms with Crippen molar-refractivity contribution in [1.29, 1.82) is 0 Å². The number of carbonyl (C=O) groups excluding carboxylic acids is 2. The molecule has 2 amide bonds. The standard InChI is InChI=1S/C15H20N4O6/c1-2-3-4-5-6-7-14(20)16-17-15(21)11-8-12(18(22)23)10-13(9-11)19(24)25/h8-10H,2-7H2,1H3,(H,16,20)(H,17,21). The van der Waals surface area contributed by atoms with Crippen molar-refractivity contribution in [3.05, 3.63) is 44.0 Å². The Balaban J connectivity index is 2.60. The number of benzene rings is 1. The molecule has 25 heavy (non-hydrogen) atoms. The second kappa shape index (κ2) is 9.96. The lowest BCUT2D eigenvalue weighted by molar-refractivity contribution is -0.394. The van der Waals surface area contributed by atoms with Gasteiger partial charge < -0.3 is 0 Å². The number of hydrogen-bond donors (Lipinski definition) is 2. The predicted octanol–water partition coefficient (Wildman–Crippen LogP) is 2.62.